The highest BCUT2D eigenvalue weighted by Crippen LogP contribution is 2.32. The Bertz CT molecular complexity index is 322. The van der Waals surface area contributed by atoms with E-state index < -0.39 is 0 Å². The normalized spacial score (nSPS) is 18.5. The zero-order valence-corrected chi connectivity index (χ0v) is 10.9. The highest BCUT2D eigenvalue weighted by atomic mass is 16.3. The Kier molecular flexibility index (Phi) is 4.61. The average molecular weight is 232 g/mol. The van der Waals surface area contributed by atoms with E-state index in [-0.39, 0.29) is 6.61 Å². The van der Waals surface area contributed by atoms with Crippen LogP contribution in [-0.4, -0.2) is 11.7 Å². The fourth-order valence-electron chi connectivity index (χ4n) is 2.94. The fourth-order valence-corrected chi connectivity index (χ4v) is 2.94. The summed E-state index contributed by atoms with van der Waals surface area (Å²) >= 11 is 0. The van der Waals surface area contributed by atoms with Gasteiger partial charge in [0.05, 0.1) is 0 Å². The molecule has 94 valence electrons. The van der Waals surface area contributed by atoms with Crippen LogP contribution in [0.15, 0.2) is 24.3 Å². The van der Waals surface area contributed by atoms with Crippen molar-refractivity contribution in [3.05, 3.63) is 35.4 Å². The minimum absolute atomic E-state index is 0.287. The summed E-state index contributed by atoms with van der Waals surface area (Å²) in [7, 11) is 0. The number of aliphatic hydroxyl groups excluding tert-OH is 1. The lowest BCUT2D eigenvalue weighted by Gasteiger charge is -2.17. The van der Waals surface area contributed by atoms with Crippen LogP contribution in [0, 0.1) is 12.8 Å². The molecule has 0 aliphatic heterocycles. The smallest absolute Gasteiger partial charge is 0.0499 e. The largest absolute Gasteiger partial charge is 0.396 e. The molecule has 1 unspecified atom stereocenters. The molecule has 1 heteroatoms. The molecule has 0 heterocycles. The second-order valence-corrected chi connectivity index (χ2v) is 5.52. The maximum Gasteiger partial charge on any atom is 0.0499 e. The number of benzene rings is 1. The predicted octanol–water partition coefficient (Wildman–Crippen LogP) is 4.04. The van der Waals surface area contributed by atoms with E-state index in [1.807, 2.05) is 0 Å². The van der Waals surface area contributed by atoms with Gasteiger partial charge in [0.1, 0.15) is 0 Å². The zero-order valence-electron chi connectivity index (χ0n) is 10.9. The topological polar surface area (TPSA) is 20.2 Å². The molecule has 0 spiro atoms. The van der Waals surface area contributed by atoms with Gasteiger partial charge in [-0.15, -0.1) is 0 Å². The van der Waals surface area contributed by atoms with Crippen molar-refractivity contribution >= 4 is 0 Å². The summed E-state index contributed by atoms with van der Waals surface area (Å²) in [6.07, 6.45) is 8.08. The second-order valence-electron chi connectivity index (χ2n) is 5.52. The van der Waals surface area contributed by atoms with Gasteiger partial charge in [-0.1, -0.05) is 55.5 Å². The van der Waals surface area contributed by atoms with Crippen LogP contribution in [0.5, 0.6) is 0 Å². The maximum atomic E-state index is 9.52. The van der Waals surface area contributed by atoms with Crippen LogP contribution >= 0.6 is 0 Å². The van der Waals surface area contributed by atoms with Gasteiger partial charge in [-0.3, -0.25) is 0 Å². The third-order valence-corrected chi connectivity index (χ3v) is 4.17. The average Bonchev–Trinajstić information content (AvgIpc) is 2.85. The van der Waals surface area contributed by atoms with E-state index >= 15 is 0 Å². The van der Waals surface area contributed by atoms with Gasteiger partial charge in [0.15, 0.2) is 0 Å². The minimum Gasteiger partial charge on any atom is -0.396 e. The van der Waals surface area contributed by atoms with Crippen molar-refractivity contribution < 1.29 is 5.11 Å². The summed E-state index contributed by atoms with van der Waals surface area (Å²) in [6, 6.07) is 8.64. The highest BCUT2D eigenvalue weighted by Gasteiger charge is 2.17. The van der Waals surface area contributed by atoms with Crippen LogP contribution in [0.25, 0.3) is 0 Å². The summed E-state index contributed by atoms with van der Waals surface area (Å²) in [5, 5.41) is 9.52. The molecule has 0 aromatic heterocycles. The van der Waals surface area contributed by atoms with Gasteiger partial charge in [-0.25, -0.2) is 0 Å². The van der Waals surface area contributed by atoms with E-state index in [0.29, 0.717) is 5.92 Å². The van der Waals surface area contributed by atoms with Crippen LogP contribution in [0.4, 0.5) is 0 Å². The summed E-state index contributed by atoms with van der Waals surface area (Å²) in [4.78, 5) is 0. The van der Waals surface area contributed by atoms with Crippen LogP contribution in [-0.2, 0) is 0 Å². The molecule has 1 nitrogen and oxygen atoms in total. The first-order valence-corrected chi connectivity index (χ1v) is 6.97. The second kappa shape index (κ2) is 6.20. The van der Waals surface area contributed by atoms with E-state index in [1.54, 1.807) is 0 Å². The van der Waals surface area contributed by atoms with Gasteiger partial charge >= 0.3 is 0 Å². The quantitative estimate of drug-likeness (QED) is 0.812. The van der Waals surface area contributed by atoms with Gasteiger partial charge in [0, 0.05) is 12.5 Å². The van der Waals surface area contributed by atoms with Crippen molar-refractivity contribution in [2.75, 3.05) is 6.61 Å². The number of hydrogen-bond donors (Lipinski definition) is 1. The van der Waals surface area contributed by atoms with E-state index in [1.165, 1.54) is 43.2 Å². The molecule has 1 N–H and O–H groups in total. The molecule has 1 aliphatic rings. The van der Waals surface area contributed by atoms with Crippen LogP contribution < -0.4 is 0 Å². The Balaban J connectivity index is 1.89. The summed E-state index contributed by atoms with van der Waals surface area (Å²) < 4.78 is 0. The van der Waals surface area contributed by atoms with Crippen molar-refractivity contribution in [2.24, 2.45) is 5.92 Å². The Hall–Kier alpha value is -0.820. The Morgan fingerprint density at radius 2 is 1.82 bits per heavy atom. The molecule has 17 heavy (non-hydrogen) atoms. The van der Waals surface area contributed by atoms with Crippen molar-refractivity contribution in [3.63, 3.8) is 0 Å². The standard InChI is InChI=1S/C16H24O/c1-13-6-9-15(10-7-13)16(12-17)11-8-14-4-2-3-5-14/h6-7,9-10,14,16-17H,2-5,8,11-12H2,1H3. The summed E-state index contributed by atoms with van der Waals surface area (Å²) in [6.45, 7) is 2.39. The Morgan fingerprint density at radius 1 is 1.18 bits per heavy atom. The maximum absolute atomic E-state index is 9.52. The predicted molar refractivity (Wildman–Crippen MR) is 72.2 cm³/mol. The SMILES string of the molecule is Cc1ccc(C(CO)CCC2CCCC2)cc1. The molecule has 1 saturated carbocycles. The van der Waals surface area contributed by atoms with Crippen molar-refractivity contribution in [2.45, 2.75) is 51.4 Å². The van der Waals surface area contributed by atoms with Crippen molar-refractivity contribution in [1.29, 1.82) is 0 Å². The van der Waals surface area contributed by atoms with Crippen molar-refractivity contribution in [1.82, 2.24) is 0 Å². The lowest BCUT2D eigenvalue weighted by Crippen LogP contribution is -2.06. The number of aryl methyl sites for hydroxylation is 1. The lowest BCUT2D eigenvalue weighted by molar-refractivity contribution is 0.251. The van der Waals surface area contributed by atoms with Gasteiger partial charge in [0.25, 0.3) is 0 Å². The Morgan fingerprint density at radius 3 is 2.41 bits per heavy atom. The summed E-state index contributed by atoms with van der Waals surface area (Å²) in [5.74, 6) is 1.27. The third-order valence-electron chi connectivity index (χ3n) is 4.17. The molecular weight excluding hydrogens is 208 g/mol. The molecular formula is C16H24O. The molecule has 2 rings (SSSR count). The molecule has 0 amide bonds. The minimum atomic E-state index is 0.287. The van der Waals surface area contributed by atoms with Gasteiger partial charge in [0.2, 0.25) is 0 Å². The lowest BCUT2D eigenvalue weighted by atomic mass is 9.90. The van der Waals surface area contributed by atoms with Gasteiger partial charge in [-0.05, 0) is 31.2 Å². The molecule has 1 aromatic rings. The van der Waals surface area contributed by atoms with E-state index in [4.69, 9.17) is 0 Å². The molecule has 0 radical (unpaired) electrons. The van der Waals surface area contributed by atoms with Crippen LogP contribution in [0.3, 0.4) is 0 Å². The van der Waals surface area contributed by atoms with E-state index in [0.717, 1.165) is 12.3 Å². The van der Waals surface area contributed by atoms with Gasteiger partial charge < -0.3 is 5.11 Å². The van der Waals surface area contributed by atoms with Crippen molar-refractivity contribution in [3.8, 4) is 0 Å². The molecule has 1 fully saturated rings. The third kappa shape index (κ3) is 3.57. The van der Waals surface area contributed by atoms with Crippen LogP contribution in [0.1, 0.15) is 55.6 Å². The molecule has 0 bridgehead atoms. The van der Waals surface area contributed by atoms with Crippen LogP contribution in [0.2, 0.25) is 0 Å². The van der Waals surface area contributed by atoms with E-state index in [2.05, 4.69) is 31.2 Å². The summed E-state index contributed by atoms with van der Waals surface area (Å²) in [5.41, 5.74) is 2.59. The highest BCUT2D eigenvalue weighted by molar-refractivity contribution is 5.24. The first-order chi connectivity index (χ1) is 8.29. The monoisotopic (exact) mass is 232 g/mol. The first-order valence-electron chi connectivity index (χ1n) is 6.97. The number of hydrogen-bond acceptors (Lipinski definition) is 1. The number of aliphatic hydroxyl groups is 1. The van der Waals surface area contributed by atoms with Gasteiger partial charge in [-0.2, -0.15) is 0 Å². The van der Waals surface area contributed by atoms with E-state index in [9.17, 15) is 5.11 Å². The molecule has 1 atom stereocenters. The first kappa shape index (κ1) is 12.6. The number of rotatable bonds is 5. The fraction of sp³-hybridized carbons (Fsp3) is 0.625. The molecule has 0 saturated heterocycles. The molecule has 1 aliphatic carbocycles. The molecule has 1 aromatic carbocycles. The Labute approximate surface area is 105 Å². The zero-order chi connectivity index (χ0) is 12.1.